The van der Waals surface area contributed by atoms with Gasteiger partial charge in [0.15, 0.2) is 0 Å². The molecule has 10 heavy (non-hydrogen) atoms. The number of aliphatic hydroxyl groups is 2. The highest BCUT2D eigenvalue weighted by molar-refractivity contribution is 4.69. The Balaban J connectivity index is 3.80. The normalized spacial score (nSPS) is 17.4. The fourth-order valence-corrected chi connectivity index (χ4v) is 1.08. The van der Waals surface area contributed by atoms with E-state index in [1.807, 2.05) is 20.8 Å². The molecule has 0 aromatic carbocycles. The molecular formula is C8H18O2. The predicted molar refractivity (Wildman–Crippen MR) is 41.7 cm³/mol. The van der Waals surface area contributed by atoms with Crippen LogP contribution in [-0.4, -0.2) is 22.9 Å². The lowest BCUT2D eigenvalue weighted by atomic mass is 9.90. The van der Waals surface area contributed by atoms with Crippen LogP contribution in [-0.2, 0) is 0 Å². The third kappa shape index (κ3) is 2.67. The lowest BCUT2D eigenvalue weighted by Crippen LogP contribution is -2.27. The van der Waals surface area contributed by atoms with Crippen LogP contribution in [0.25, 0.3) is 0 Å². The van der Waals surface area contributed by atoms with Crippen LogP contribution in [0.2, 0.25) is 0 Å². The molecule has 0 aliphatic carbocycles. The summed E-state index contributed by atoms with van der Waals surface area (Å²) in [7, 11) is 0. The van der Waals surface area contributed by atoms with Crippen molar-refractivity contribution in [2.75, 3.05) is 6.61 Å². The second-order valence-corrected chi connectivity index (χ2v) is 3.07. The maximum atomic E-state index is 9.33. The molecule has 0 bridgehead atoms. The summed E-state index contributed by atoms with van der Waals surface area (Å²) < 4.78 is 0. The summed E-state index contributed by atoms with van der Waals surface area (Å²) in [6.07, 6.45) is 0.383. The van der Waals surface area contributed by atoms with Gasteiger partial charge in [0.25, 0.3) is 0 Å². The summed E-state index contributed by atoms with van der Waals surface area (Å²) >= 11 is 0. The van der Waals surface area contributed by atoms with Gasteiger partial charge in [0, 0.05) is 12.5 Å². The molecule has 0 spiro atoms. The van der Waals surface area contributed by atoms with Crippen LogP contribution in [0.5, 0.6) is 0 Å². The van der Waals surface area contributed by atoms with Crippen molar-refractivity contribution in [3.63, 3.8) is 0 Å². The molecule has 2 nitrogen and oxygen atoms in total. The highest BCUT2D eigenvalue weighted by atomic mass is 16.3. The molecule has 62 valence electrons. The molecule has 0 rings (SSSR count). The van der Waals surface area contributed by atoms with Gasteiger partial charge in [0.05, 0.1) is 6.10 Å². The van der Waals surface area contributed by atoms with Gasteiger partial charge in [0.2, 0.25) is 0 Å². The summed E-state index contributed by atoms with van der Waals surface area (Å²) in [4.78, 5) is 0. The first-order chi connectivity index (χ1) is 4.63. The Morgan fingerprint density at radius 1 is 1.30 bits per heavy atom. The number of hydrogen-bond acceptors (Lipinski definition) is 2. The number of hydrogen-bond donors (Lipinski definition) is 2. The molecule has 0 heterocycles. The second kappa shape index (κ2) is 4.69. The van der Waals surface area contributed by atoms with E-state index in [0.29, 0.717) is 5.92 Å². The van der Waals surface area contributed by atoms with Crippen LogP contribution < -0.4 is 0 Å². The van der Waals surface area contributed by atoms with Crippen LogP contribution in [0.3, 0.4) is 0 Å². The van der Waals surface area contributed by atoms with E-state index in [2.05, 4.69) is 0 Å². The number of aliphatic hydroxyl groups excluding tert-OH is 2. The lowest BCUT2D eigenvalue weighted by Gasteiger charge is -2.22. The summed E-state index contributed by atoms with van der Waals surface area (Å²) in [6.45, 7) is 6.04. The van der Waals surface area contributed by atoms with Gasteiger partial charge in [-0.3, -0.25) is 0 Å². The Hall–Kier alpha value is -0.0800. The van der Waals surface area contributed by atoms with Crippen molar-refractivity contribution < 1.29 is 10.2 Å². The van der Waals surface area contributed by atoms with Gasteiger partial charge in [-0.1, -0.05) is 20.8 Å². The van der Waals surface area contributed by atoms with E-state index >= 15 is 0 Å². The van der Waals surface area contributed by atoms with Crippen LogP contribution in [0.4, 0.5) is 0 Å². The van der Waals surface area contributed by atoms with E-state index in [0.717, 1.165) is 6.42 Å². The Labute approximate surface area is 62.9 Å². The van der Waals surface area contributed by atoms with E-state index in [9.17, 15) is 5.11 Å². The fraction of sp³-hybridized carbons (Fsp3) is 1.00. The average Bonchev–Trinajstić information content (AvgIpc) is 1.88. The van der Waals surface area contributed by atoms with Crippen LogP contribution in [0, 0.1) is 11.8 Å². The van der Waals surface area contributed by atoms with Crippen molar-refractivity contribution in [2.45, 2.75) is 33.3 Å². The first-order valence-corrected chi connectivity index (χ1v) is 3.92. The van der Waals surface area contributed by atoms with Gasteiger partial charge < -0.3 is 10.2 Å². The van der Waals surface area contributed by atoms with Crippen molar-refractivity contribution in [3.05, 3.63) is 0 Å². The molecule has 0 saturated heterocycles. The minimum atomic E-state index is -0.343. The highest BCUT2D eigenvalue weighted by Gasteiger charge is 2.19. The maximum absolute atomic E-state index is 9.33. The van der Waals surface area contributed by atoms with Crippen molar-refractivity contribution in [1.82, 2.24) is 0 Å². The highest BCUT2D eigenvalue weighted by Crippen LogP contribution is 2.16. The fourth-order valence-electron chi connectivity index (χ4n) is 1.08. The zero-order valence-electron chi connectivity index (χ0n) is 7.04. The Morgan fingerprint density at radius 2 is 1.80 bits per heavy atom. The van der Waals surface area contributed by atoms with Gasteiger partial charge in [-0.05, 0) is 12.3 Å². The first kappa shape index (κ1) is 9.92. The van der Waals surface area contributed by atoms with E-state index in [1.54, 1.807) is 0 Å². The van der Waals surface area contributed by atoms with E-state index in [1.165, 1.54) is 0 Å². The summed E-state index contributed by atoms with van der Waals surface area (Å²) in [5.74, 6) is 0.407. The third-order valence-electron chi connectivity index (χ3n) is 1.98. The zero-order chi connectivity index (χ0) is 8.15. The minimum Gasteiger partial charge on any atom is -0.396 e. The quantitative estimate of drug-likeness (QED) is 0.621. The third-order valence-corrected chi connectivity index (χ3v) is 1.98. The Kier molecular flexibility index (Phi) is 4.65. The smallest absolute Gasteiger partial charge is 0.0590 e. The molecule has 0 saturated carbocycles. The van der Waals surface area contributed by atoms with Gasteiger partial charge in [-0.25, -0.2) is 0 Å². The largest absolute Gasteiger partial charge is 0.396 e. The molecule has 0 aliphatic heterocycles. The summed E-state index contributed by atoms with van der Waals surface area (Å²) in [6, 6.07) is 0. The molecular weight excluding hydrogens is 128 g/mol. The van der Waals surface area contributed by atoms with Crippen molar-refractivity contribution >= 4 is 0 Å². The zero-order valence-corrected chi connectivity index (χ0v) is 7.04. The molecule has 0 amide bonds. The monoisotopic (exact) mass is 146 g/mol. The molecule has 2 atom stereocenters. The lowest BCUT2D eigenvalue weighted by molar-refractivity contribution is 0.0393. The van der Waals surface area contributed by atoms with Gasteiger partial charge in [-0.2, -0.15) is 0 Å². The van der Waals surface area contributed by atoms with E-state index < -0.39 is 0 Å². The maximum Gasteiger partial charge on any atom is 0.0590 e. The van der Waals surface area contributed by atoms with Crippen molar-refractivity contribution in [3.8, 4) is 0 Å². The van der Waals surface area contributed by atoms with Gasteiger partial charge in [-0.15, -0.1) is 0 Å². The summed E-state index contributed by atoms with van der Waals surface area (Å²) in [5.41, 5.74) is 0. The molecule has 0 aliphatic rings. The molecule has 0 aromatic rings. The van der Waals surface area contributed by atoms with Crippen molar-refractivity contribution in [1.29, 1.82) is 0 Å². The average molecular weight is 146 g/mol. The summed E-state index contributed by atoms with van der Waals surface area (Å²) in [5, 5.41) is 18.2. The predicted octanol–water partition coefficient (Wildman–Crippen LogP) is 1.02. The van der Waals surface area contributed by atoms with Crippen LogP contribution in [0.15, 0.2) is 0 Å². The Bertz CT molecular complexity index is 81.3. The molecule has 1 unspecified atom stereocenters. The van der Waals surface area contributed by atoms with Gasteiger partial charge in [0.1, 0.15) is 0 Å². The first-order valence-electron chi connectivity index (χ1n) is 3.92. The topological polar surface area (TPSA) is 40.5 Å². The standard InChI is InChI=1S/C8H18O2/c1-4-8(10)7(5-9)6(2)3/h6-10H,4-5H2,1-3H3/t7?,8-/m0/s1. The van der Waals surface area contributed by atoms with E-state index in [4.69, 9.17) is 5.11 Å². The SMILES string of the molecule is CC[C@H](O)C(CO)C(C)C. The molecule has 2 N–H and O–H groups in total. The van der Waals surface area contributed by atoms with E-state index in [-0.39, 0.29) is 18.6 Å². The molecule has 2 heteroatoms. The second-order valence-electron chi connectivity index (χ2n) is 3.07. The minimum absolute atomic E-state index is 0.0463. The molecule has 0 fully saturated rings. The molecule has 0 radical (unpaired) electrons. The van der Waals surface area contributed by atoms with Crippen molar-refractivity contribution in [2.24, 2.45) is 11.8 Å². The van der Waals surface area contributed by atoms with Crippen LogP contribution >= 0.6 is 0 Å². The van der Waals surface area contributed by atoms with Gasteiger partial charge >= 0.3 is 0 Å². The Morgan fingerprint density at radius 3 is 1.90 bits per heavy atom. The number of rotatable bonds is 4. The van der Waals surface area contributed by atoms with Crippen LogP contribution in [0.1, 0.15) is 27.2 Å². The molecule has 0 aromatic heterocycles.